The third-order valence-electron chi connectivity index (χ3n) is 4.74. The van der Waals surface area contributed by atoms with Gasteiger partial charge in [-0.25, -0.2) is 4.79 Å². The minimum Gasteiger partial charge on any atom is -0.438 e. The lowest BCUT2D eigenvalue weighted by Crippen LogP contribution is -2.38. The molecule has 0 aliphatic carbocycles. The second-order valence-corrected chi connectivity index (χ2v) is 10.5. The van der Waals surface area contributed by atoms with E-state index in [1.807, 2.05) is 47.6 Å². The van der Waals surface area contributed by atoms with E-state index in [2.05, 4.69) is 5.32 Å². The molecule has 0 fully saturated rings. The lowest BCUT2D eigenvalue weighted by Gasteiger charge is -2.23. The molecule has 0 saturated carbocycles. The van der Waals surface area contributed by atoms with Crippen molar-refractivity contribution in [2.45, 2.75) is 66.2 Å². The summed E-state index contributed by atoms with van der Waals surface area (Å²) in [6.07, 6.45) is -0.486. The highest BCUT2D eigenvalue weighted by Gasteiger charge is 2.19. The van der Waals surface area contributed by atoms with Crippen LogP contribution < -0.4 is 10.1 Å². The Morgan fingerprint density at radius 3 is 2.29 bits per heavy atom. The molecule has 2 rings (SSSR count). The summed E-state index contributed by atoms with van der Waals surface area (Å²) in [5.74, 6) is -0.531. The molecule has 2 aromatic rings. The lowest BCUT2D eigenvalue weighted by atomic mass is 9.93. The number of carbonyl (C=O) groups excluding carboxylic acids is 2. The first-order valence-corrected chi connectivity index (χ1v) is 11.4. The number of aliphatic hydroxyl groups is 1. The molecule has 0 aromatic heterocycles. The van der Waals surface area contributed by atoms with Crippen LogP contribution >= 0.6 is 0 Å². The molecule has 34 heavy (non-hydrogen) atoms. The number of nitrogens with one attached hydrogen (secondary N) is 1. The van der Waals surface area contributed by atoms with Crippen LogP contribution in [0.3, 0.4) is 0 Å². The van der Waals surface area contributed by atoms with Crippen LogP contribution in [0.5, 0.6) is 5.75 Å². The van der Waals surface area contributed by atoms with E-state index in [4.69, 9.17) is 14.2 Å². The Balaban J connectivity index is 2.12. The molecule has 0 bridgehead atoms. The van der Waals surface area contributed by atoms with E-state index < -0.39 is 12.1 Å². The fourth-order valence-corrected chi connectivity index (χ4v) is 3.02. The van der Waals surface area contributed by atoms with Gasteiger partial charge in [0.25, 0.3) is 0 Å². The van der Waals surface area contributed by atoms with Crippen LogP contribution in [-0.2, 0) is 20.9 Å². The third kappa shape index (κ3) is 10.0. The summed E-state index contributed by atoms with van der Waals surface area (Å²) in [7, 11) is 0. The van der Waals surface area contributed by atoms with Gasteiger partial charge in [-0.15, -0.1) is 0 Å². The Morgan fingerprint density at radius 1 is 1.00 bits per heavy atom. The monoisotopic (exact) mass is 471 g/mol. The van der Waals surface area contributed by atoms with Gasteiger partial charge in [-0.2, -0.15) is 0 Å². The summed E-state index contributed by atoms with van der Waals surface area (Å²) >= 11 is 0. The van der Waals surface area contributed by atoms with Crippen molar-refractivity contribution < 1.29 is 28.9 Å². The Hall–Kier alpha value is -2.74. The average Bonchev–Trinajstić information content (AvgIpc) is 2.74. The topological polar surface area (TPSA) is 94.1 Å². The molecule has 0 aliphatic rings. The van der Waals surface area contributed by atoms with E-state index >= 15 is 0 Å². The first kappa shape index (κ1) is 27.5. The molecule has 0 amide bonds. The average molecular weight is 472 g/mol. The molecule has 0 aliphatic heterocycles. The molecular formula is C27H37NO6. The highest BCUT2D eigenvalue weighted by molar-refractivity contribution is 5.91. The van der Waals surface area contributed by atoms with Crippen LogP contribution in [0.25, 0.3) is 0 Å². The zero-order chi connectivity index (χ0) is 25.4. The van der Waals surface area contributed by atoms with Crippen molar-refractivity contribution in [3.8, 4) is 5.75 Å². The quantitative estimate of drug-likeness (QED) is 0.223. The summed E-state index contributed by atoms with van der Waals surface area (Å²) < 4.78 is 16.3. The number of β-amino-alcohol motifs (C(OH)–C–C–N with tert-alkyl or cyclic N) is 1. The Bertz CT molecular complexity index is 944. The highest BCUT2D eigenvalue weighted by atomic mass is 16.7. The molecule has 0 spiro atoms. The van der Waals surface area contributed by atoms with Crippen LogP contribution in [0.4, 0.5) is 0 Å². The van der Waals surface area contributed by atoms with E-state index in [0.29, 0.717) is 29.0 Å². The summed E-state index contributed by atoms with van der Waals surface area (Å²) in [6.45, 7) is 12.1. The Kier molecular flexibility index (Phi) is 9.79. The van der Waals surface area contributed by atoms with E-state index in [1.165, 1.54) is 0 Å². The maximum absolute atomic E-state index is 12.6. The van der Waals surface area contributed by atoms with Crippen LogP contribution in [-0.4, -0.2) is 35.9 Å². The minimum absolute atomic E-state index is 0.0352. The molecule has 2 N–H and O–H groups in total. The number of ether oxygens (including phenoxy) is 3. The number of hydrogen-bond acceptors (Lipinski definition) is 7. The summed E-state index contributed by atoms with van der Waals surface area (Å²) in [5.41, 5.74) is 1.31. The SMILES string of the molecule is CC(C)(C)CC(=O)OCOCc1cc(C(O)CNC(C)(C)C)ccc1OC(=O)c1ccccc1. The summed E-state index contributed by atoms with van der Waals surface area (Å²) in [5, 5.41) is 13.9. The molecule has 7 nitrogen and oxygen atoms in total. The molecule has 0 radical (unpaired) electrons. The van der Waals surface area contributed by atoms with Crippen LogP contribution in [0.15, 0.2) is 48.5 Å². The maximum Gasteiger partial charge on any atom is 0.343 e. The largest absolute Gasteiger partial charge is 0.438 e. The van der Waals surface area contributed by atoms with Gasteiger partial charge in [-0.1, -0.05) is 45.0 Å². The Labute approximate surface area is 202 Å². The summed E-state index contributed by atoms with van der Waals surface area (Å²) in [4.78, 5) is 24.5. The molecular weight excluding hydrogens is 434 g/mol. The molecule has 1 atom stereocenters. The van der Waals surface area contributed by atoms with Gasteiger partial charge in [0.05, 0.1) is 24.7 Å². The predicted octanol–water partition coefficient (Wildman–Crippen LogP) is 4.78. The van der Waals surface area contributed by atoms with Crippen LogP contribution in [0.1, 0.15) is 75.6 Å². The summed E-state index contributed by atoms with van der Waals surface area (Å²) in [6, 6.07) is 13.8. The standard InChI is InChI=1S/C27H37NO6/c1-26(2,3)15-24(30)33-18-32-17-21-14-20(22(29)16-28-27(4,5)6)12-13-23(21)34-25(31)19-10-8-7-9-11-19/h7-14,22,28-29H,15-18H2,1-6H3. The van der Waals surface area contributed by atoms with Gasteiger partial charge < -0.3 is 24.6 Å². The number of esters is 2. The highest BCUT2D eigenvalue weighted by Crippen LogP contribution is 2.26. The maximum atomic E-state index is 12.6. The first-order chi connectivity index (χ1) is 15.8. The van der Waals surface area contributed by atoms with Crippen LogP contribution in [0, 0.1) is 5.41 Å². The minimum atomic E-state index is -0.763. The fraction of sp³-hybridized carbons (Fsp3) is 0.481. The van der Waals surface area contributed by atoms with Gasteiger partial charge in [-0.05, 0) is 56.0 Å². The molecule has 186 valence electrons. The number of benzene rings is 2. The van der Waals surface area contributed by atoms with Crippen molar-refractivity contribution in [3.05, 3.63) is 65.2 Å². The lowest BCUT2D eigenvalue weighted by molar-refractivity contribution is -0.159. The van der Waals surface area contributed by atoms with Gasteiger partial charge in [0.15, 0.2) is 6.79 Å². The number of hydrogen-bond donors (Lipinski definition) is 2. The molecule has 1 unspecified atom stereocenters. The zero-order valence-corrected chi connectivity index (χ0v) is 21.0. The number of rotatable bonds is 10. The number of aliphatic hydroxyl groups excluding tert-OH is 1. The molecule has 0 saturated heterocycles. The second kappa shape index (κ2) is 12.1. The molecule has 7 heteroatoms. The van der Waals surface area contributed by atoms with E-state index in [0.717, 1.165) is 0 Å². The van der Waals surface area contributed by atoms with Crippen molar-refractivity contribution in [2.24, 2.45) is 5.41 Å². The van der Waals surface area contributed by atoms with E-state index in [9.17, 15) is 14.7 Å². The smallest absolute Gasteiger partial charge is 0.343 e. The molecule has 2 aromatic carbocycles. The van der Waals surface area contributed by atoms with E-state index in [-0.39, 0.29) is 36.7 Å². The van der Waals surface area contributed by atoms with Crippen molar-refractivity contribution in [1.82, 2.24) is 5.32 Å². The molecule has 0 heterocycles. The number of carbonyl (C=O) groups is 2. The van der Waals surface area contributed by atoms with Crippen molar-refractivity contribution >= 4 is 11.9 Å². The normalized spacial score (nSPS) is 12.8. The van der Waals surface area contributed by atoms with Crippen molar-refractivity contribution in [2.75, 3.05) is 13.3 Å². The third-order valence-corrected chi connectivity index (χ3v) is 4.74. The van der Waals surface area contributed by atoms with Gasteiger partial charge in [0, 0.05) is 17.6 Å². The van der Waals surface area contributed by atoms with Gasteiger partial charge in [-0.3, -0.25) is 4.79 Å². The zero-order valence-electron chi connectivity index (χ0n) is 21.0. The van der Waals surface area contributed by atoms with Crippen LogP contribution in [0.2, 0.25) is 0 Å². The van der Waals surface area contributed by atoms with E-state index in [1.54, 1.807) is 42.5 Å². The van der Waals surface area contributed by atoms with Gasteiger partial charge >= 0.3 is 11.9 Å². The fourth-order valence-electron chi connectivity index (χ4n) is 3.02. The predicted molar refractivity (Wildman–Crippen MR) is 130 cm³/mol. The first-order valence-electron chi connectivity index (χ1n) is 11.4. The van der Waals surface area contributed by atoms with Crippen molar-refractivity contribution in [1.29, 1.82) is 0 Å². The second-order valence-electron chi connectivity index (χ2n) is 10.5. The van der Waals surface area contributed by atoms with Gasteiger partial charge in [0.1, 0.15) is 5.75 Å². The van der Waals surface area contributed by atoms with Crippen molar-refractivity contribution in [3.63, 3.8) is 0 Å². The Morgan fingerprint density at radius 2 is 1.68 bits per heavy atom. The van der Waals surface area contributed by atoms with Gasteiger partial charge in [0.2, 0.25) is 0 Å².